The average molecular weight is 359 g/mol. The van der Waals surface area contributed by atoms with Gasteiger partial charge in [0.15, 0.2) is 0 Å². The lowest BCUT2D eigenvalue weighted by molar-refractivity contribution is -0.0411. The van der Waals surface area contributed by atoms with Gasteiger partial charge in [-0.1, -0.05) is 6.92 Å². The third kappa shape index (κ3) is 3.44. The summed E-state index contributed by atoms with van der Waals surface area (Å²) in [7, 11) is -6.37. The van der Waals surface area contributed by atoms with Gasteiger partial charge in [0.1, 0.15) is 0 Å². The van der Waals surface area contributed by atoms with Crippen molar-refractivity contribution in [3.05, 3.63) is 0 Å². The SMILES string of the molecule is CNC1CC(S(=O)(=O)O)CC2CC(S(O)(O)O)C(C)C(O)C21. The number of aliphatic hydroxyl groups is 1. The molecule has 132 valence electrons. The molecule has 0 bridgehead atoms. The predicted molar refractivity (Wildman–Crippen MR) is 83.5 cm³/mol. The molecule has 7 atom stereocenters. The molecule has 2 saturated carbocycles. The third-order valence-corrected chi connectivity index (χ3v) is 8.01. The van der Waals surface area contributed by atoms with Gasteiger partial charge in [0.05, 0.1) is 27.5 Å². The maximum absolute atomic E-state index is 11.5. The Bertz CT molecular complexity index is 506. The van der Waals surface area contributed by atoms with E-state index < -0.39 is 43.5 Å². The van der Waals surface area contributed by atoms with Crippen LogP contribution in [0, 0.1) is 17.8 Å². The molecular weight excluding hydrogens is 334 g/mol. The normalized spacial score (nSPS) is 44.4. The molecule has 2 aliphatic rings. The molecule has 0 spiro atoms. The highest BCUT2D eigenvalue weighted by Crippen LogP contribution is 2.54. The molecule has 0 radical (unpaired) electrons. The molecule has 22 heavy (non-hydrogen) atoms. The summed E-state index contributed by atoms with van der Waals surface area (Å²) in [6, 6.07) is -0.301. The van der Waals surface area contributed by atoms with Crippen molar-refractivity contribution in [1.29, 1.82) is 0 Å². The van der Waals surface area contributed by atoms with Crippen LogP contribution in [0.15, 0.2) is 0 Å². The summed E-state index contributed by atoms with van der Waals surface area (Å²) in [5, 5.41) is 11.7. The van der Waals surface area contributed by atoms with Crippen molar-refractivity contribution >= 4 is 21.0 Å². The van der Waals surface area contributed by atoms with Crippen LogP contribution < -0.4 is 5.32 Å². The van der Waals surface area contributed by atoms with E-state index in [-0.39, 0.29) is 37.1 Å². The van der Waals surface area contributed by atoms with E-state index >= 15 is 0 Å². The summed E-state index contributed by atoms with van der Waals surface area (Å²) in [5.41, 5.74) is 0. The van der Waals surface area contributed by atoms with Gasteiger partial charge in [-0.3, -0.25) is 4.55 Å². The highest BCUT2D eigenvalue weighted by Gasteiger charge is 2.53. The van der Waals surface area contributed by atoms with Crippen molar-refractivity contribution in [2.45, 2.75) is 48.8 Å². The maximum atomic E-state index is 11.5. The molecule has 7 unspecified atom stereocenters. The molecule has 0 saturated heterocycles. The van der Waals surface area contributed by atoms with Crippen molar-refractivity contribution in [2.75, 3.05) is 7.05 Å². The number of aliphatic hydroxyl groups excluding tert-OH is 1. The Morgan fingerprint density at radius 2 is 1.64 bits per heavy atom. The molecule has 2 fully saturated rings. The average Bonchev–Trinajstić information content (AvgIpc) is 2.39. The van der Waals surface area contributed by atoms with E-state index in [4.69, 9.17) is 0 Å². The van der Waals surface area contributed by atoms with E-state index in [0.29, 0.717) is 0 Å². The van der Waals surface area contributed by atoms with E-state index in [1.54, 1.807) is 14.0 Å². The van der Waals surface area contributed by atoms with Crippen LogP contribution in [-0.4, -0.2) is 61.4 Å². The monoisotopic (exact) mass is 359 g/mol. The zero-order valence-corrected chi connectivity index (χ0v) is 14.2. The Morgan fingerprint density at radius 1 is 1.05 bits per heavy atom. The molecule has 6 N–H and O–H groups in total. The van der Waals surface area contributed by atoms with Gasteiger partial charge in [0, 0.05) is 12.0 Å². The van der Waals surface area contributed by atoms with Crippen molar-refractivity contribution in [2.24, 2.45) is 17.8 Å². The molecule has 8 nitrogen and oxygen atoms in total. The molecule has 2 rings (SSSR count). The van der Waals surface area contributed by atoms with Crippen LogP contribution >= 0.6 is 10.9 Å². The summed E-state index contributed by atoms with van der Waals surface area (Å²) < 4.78 is 61.0. The predicted octanol–water partition coefficient (Wildman–Crippen LogP) is 0.850. The van der Waals surface area contributed by atoms with Crippen molar-refractivity contribution < 1.29 is 31.7 Å². The second kappa shape index (κ2) is 6.17. The van der Waals surface area contributed by atoms with Crippen LogP contribution in [0.2, 0.25) is 0 Å². The zero-order valence-electron chi connectivity index (χ0n) is 12.5. The standard InChI is InChI=1S/C12H25NO7S2/c1-6-10(22(18,19)20)4-7-3-8(21(15,16)17)5-9(13-2)11(7)12(6)14/h6-14,18-20H,3-5H2,1-2H3,(H,15,16,17). The molecule has 0 aromatic heterocycles. The van der Waals surface area contributed by atoms with Crippen LogP contribution in [0.1, 0.15) is 26.2 Å². The van der Waals surface area contributed by atoms with Gasteiger partial charge in [-0.25, -0.2) is 0 Å². The minimum absolute atomic E-state index is 0.136. The van der Waals surface area contributed by atoms with Gasteiger partial charge in [0.25, 0.3) is 10.1 Å². The summed E-state index contributed by atoms with van der Waals surface area (Å²) in [4.78, 5) is 0. The zero-order chi connectivity index (χ0) is 16.9. The van der Waals surface area contributed by atoms with Crippen molar-refractivity contribution in [3.63, 3.8) is 0 Å². The highest BCUT2D eigenvalue weighted by molar-refractivity contribution is 8.19. The fourth-order valence-electron chi connectivity index (χ4n) is 4.18. The van der Waals surface area contributed by atoms with Gasteiger partial charge in [-0.15, -0.1) is 0 Å². The largest absolute Gasteiger partial charge is 0.392 e. The minimum atomic E-state index is -4.21. The Hall–Kier alpha value is 0.0600. The van der Waals surface area contributed by atoms with Gasteiger partial charge in [-0.2, -0.15) is 8.42 Å². The van der Waals surface area contributed by atoms with E-state index in [2.05, 4.69) is 5.32 Å². The van der Waals surface area contributed by atoms with E-state index in [0.717, 1.165) is 0 Å². The first-order chi connectivity index (χ1) is 9.96. The fourth-order valence-corrected chi connectivity index (χ4v) is 6.37. The smallest absolute Gasteiger partial charge is 0.267 e. The summed E-state index contributed by atoms with van der Waals surface area (Å²) in [6.45, 7) is 1.65. The van der Waals surface area contributed by atoms with Crippen LogP contribution in [0.5, 0.6) is 0 Å². The summed E-state index contributed by atoms with van der Waals surface area (Å²) >= 11 is 0. The third-order valence-electron chi connectivity index (χ3n) is 5.34. The molecule has 0 aromatic rings. The molecular formula is C12H25NO7S2. The van der Waals surface area contributed by atoms with Gasteiger partial charge >= 0.3 is 0 Å². The van der Waals surface area contributed by atoms with Gasteiger partial charge < -0.3 is 24.1 Å². The number of rotatable bonds is 3. The van der Waals surface area contributed by atoms with Crippen molar-refractivity contribution in [1.82, 2.24) is 5.32 Å². The molecule has 2 aliphatic carbocycles. The lowest BCUT2D eigenvalue weighted by atomic mass is 9.63. The lowest BCUT2D eigenvalue weighted by Crippen LogP contribution is -2.58. The number of hydrogen-bond acceptors (Lipinski definition) is 7. The first kappa shape index (κ1) is 18.4. The van der Waals surface area contributed by atoms with E-state index in [1.165, 1.54) is 0 Å². The van der Waals surface area contributed by atoms with Gasteiger partial charge in [-0.05, 0) is 38.1 Å². The van der Waals surface area contributed by atoms with Crippen LogP contribution in [0.3, 0.4) is 0 Å². The van der Waals surface area contributed by atoms with Gasteiger partial charge in [0.2, 0.25) is 0 Å². The highest BCUT2D eigenvalue weighted by atomic mass is 32.3. The van der Waals surface area contributed by atoms with Crippen LogP contribution in [-0.2, 0) is 10.1 Å². The first-order valence-corrected chi connectivity index (χ1v) is 10.3. The number of fused-ring (bicyclic) bond motifs is 1. The van der Waals surface area contributed by atoms with Crippen LogP contribution in [0.4, 0.5) is 0 Å². The van der Waals surface area contributed by atoms with Crippen molar-refractivity contribution in [3.8, 4) is 0 Å². The Kier molecular flexibility index (Phi) is 5.16. The molecule has 10 heteroatoms. The topological polar surface area (TPSA) is 147 Å². The molecule has 0 aromatic carbocycles. The Morgan fingerprint density at radius 3 is 2.09 bits per heavy atom. The van der Waals surface area contributed by atoms with Crippen LogP contribution in [0.25, 0.3) is 0 Å². The molecule has 0 heterocycles. The first-order valence-electron chi connectivity index (χ1n) is 7.28. The lowest BCUT2D eigenvalue weighted by Gasteiger charge is -2.52. The summed E-state index contributed by atoms with van der Waals surface area (Å²) in [5.74, 6) is -1.10. The Labute approximate surface area is 132 Å². The summed E-state index contributed by atoms with van der Waals surface area (Å²) in [6.07, 6.45) is -0.356. The van der Waals surface area contributed by atoms with E-state index in [1.807, 2.05) is 0 Å². The second-order valence-electron chi connectivity index (χ2n) is 6.53. The Balaban J connectivity index is 2.31. The molecule has 0 aliphatic heterocycles. The maximum Gasteiger partial charge on any atom is 0.267 e. The number of hydrogen-bond donors (Lipinski definition) is 6. The number of nitrogens with one attached hydrogen (secondary N) is 1. The van der Waals surface area contributed by atoms with E-state index in [9.17, 15) is 31.7 Å². The second-order valence-corrected chi connectivity index (χ2v) is 9.95. The fraction of sp³-hybridized carbons (Fsp3) is 1.00. The quantitative estimate of drug-likeness (QED) is 0.406. The molecule has 0 amide bonds. The minimum Gasteiger partial charge on any atom is -0.392 e.